The molecule has 2 nitrogen and oxygen atoms in total. The van der Waals surface area contributed by atoms with Gasteiger partial charge in [-0.3, -0.25) is 4.90 Å². The summed E-state index contributed by atoms with van der Waals surface area (Å²) >= 11 is 0. The highest BCUT2D eigenvalue weighted by atomic mass is 19.3. The van der Waals surface area contributed by atoms with E-state index in [1.165, 1.54) is 0 Å². The maximum absolute atomic E-state index is 12.3. The van der Waals surface area contributed by atoms with Gasteiger partial charge in [0.05, 0.1) is 6.54 Å². The first-order valence-corrected chi connectivity index (χ1v) is 7.43. The standard InChI is InChI=1S/C15H30F2N2/c1-11(2)19-9-12(7-15(3,4)5)6-13(10-19)18-8-14(16)17/h11-14,18H,6-10H2,1-5H3. The predicted octanol–water partition coefficient (Wildman–Crippen LogP) is 3.38. The highest BCUT2D eigenvalue weighted by Gasteiger charge is 2.31. The van der Waals surface area contributed by atoms with Gasteiger partial charge in [-0.2, -0.15) is 0 Å². The summed E-state index contributed by atoms with van der Waals surface area (Å²) in [5, 5.41) is 3.03. The van der Waals surface area contributed by atoms with Crippen LogP contribution in [0.1, 0.15) is 47.5 Å². The molecule has 1 aliphatic rings. The van der Waals surface area contributed by atoms with Gasteiger partial charge in [0.1, 0.15) is 0 Å². The molecule has 1 fully saturated rings. The van der Waals surface area contributed by atoms with Crippen molar-refractivity contribution in [1.29, 1.82) is 0 Å². The first kappa shape index (κ1) is 16.8. The van der Waals surface area contributed by atoms with E-state index in [0.717, 1.165) is 25.9 Å². The van der Waals surface area contributed by atoms with Crippen molar-refractivity contribution in [1.82, 2.24) is 10.2 Å². The Morgan fingerprint density at radius 1 is 1.21 bits per heavy atom. The lowest BCUT2D eigenvalue weighted by Gasteiger charge is -2.42. The molecule has 0 saturated carbocycles. The molecule has 1 N–H and O–H groups in total. The van der Waals surface area contributed by atoms with Crippen LogP contribution in [0, 0.1) is 11.3 Å². The average molecular weight is 276 g/mol. The van der Waals surface area contributed by atoms with E-state index in [1.807, 2.05) is 0 Å². The molecule has 0 spiro atoms. The Morgan fingerprint density at radius 3 is 2.32 bits per heavy atom. The SMILES string of the molecule is CC(C)N1CC(CC(C)(C)C)CC(NCC(F)F)C1. The summed E-state index contributed by atoms with van der Waals surface area (Å²) in [6, 6.07) is 0.691. The van der Waals surface area contributed by atoms with Crippen LogP contribution >= 0.6 is 0 Å². The molecule has 1 saturated heterocycles. The lowest BCUT2D eigenvalue weighted by Crippen LogP contribution is -2.52. The van der Waals surface area contributed by atoms with Crippen LogP contribution in [-0.4, -0.2) is 43.0 Å². The number of likely N-dealkylation sites (tertiary alicyclic amines) is 1. The Morgan fingerprint density at radius 2 is 1.84 bits per heavy atom. The molecule has 2 atom stereocenters. The van der Waals surface area contributed by atoms with Gasteiger partial charge in [0.15, 0.2) is 0 Å². The molecular weight excluding hydrogens is 246 g/mol. The van der Waals surface area contributed by atoms with Crippen LogP contribution in [0.3, 0.4) is 0 Å². The molecule has 0 aromatic rings. The van der Waals surface area contributed by atoms with E-state index in [1.54, 1.807) is 0 Å². The molecule has 4 heteroatoms. The molecule has 1 aliphatic heterocycles. The molecule has 114 valence electrons. The maximum Gasteiger partial charge on any atom is 0.250 e. The lowest BCUT2D eigenvalue weighted by atomic mass is 9.80. The van der Waals surface area contributed by atoms with Gasteiger partial charge in [0.25, 0.3) is 6.43 Å². The van der Waals surface area contributed by atoms with Crippen molar-refractivity contribution < 1.29 is 8.78 Å². The number of halogens is 2. The van der Waals surface area contributed by atoms with Gasteiger partial charge >= 0.3 is 0 Å². The smallest absolute Gasteiger partial charge is 0.250 e. The van der Waals surface area contributed by atoms with Crippen LogP contribution in [0.4, 0.5) is 8.78 Å². The second kappa shape index (κ2) is 6.98. The van der Waals surface area contributed by atoms with Crippen molar-refractivity contribution in [3.8, 4) is 0 Å². The van der Waals surface area contributed by atoms with Gasteiger partial charge in [0.2, 0.25) is 0 Å². The second-order valence-corrected chi connectivity index (χ2v) is 7.41. The van der Waals surface area contributed by atoms with E-state index in [2.05, 4.69) is 44.8 Å². The fourth-order valence-electron chi connectivity index (χ4n) is 3.08. The quantitative estimate of drug-likeness (QED) is 0.828. The predicted molar refractivity (Wildman–Crippen MR) is 76.7 cm³/mol. The molecule has 2 unspecified atom stereocenters. The third-order valence-electron chi connectivity index (χ3n) is 3.76. The first-order valence-electron chi connectivity index (χ1n) is 7.43. The number of nitrogens with zero attached hydrogens (tertiary/aromatic N) is 1. The van der Waals surface area contributed by atoms with Crippen LogP contribution in [0.5, 0.6) is 0 Å². The molecule has 0 radical (unpaired) electrons. The van der Waals surface area contributed by atoms with Gasteiger partial charge in [-0.25, -0.2) is 8.78 Å². The summed E-state index contributed by atoms with van der Waals surface area (Å²) in [5.74, 6) is 0.603. The maximum atomic E-state index is 12.3. The van der Waals surface area contributed by atoms with Gasteiger partial charge in [0, 0.05) is 25.2 Å². The zero-order valence-corrected chi connectivity index (χ0v) is 13.0. The zero-order valence-electron chi connectivity index (χ0n) is 13.0. The van der Waals surface area contributed by atoms with E-state index < -0.39 is 6.43 Å². The van der Waals surface area contributed by atoms with Crippen LogP contribution in [-0.2, 0) is 0 Å². The van der Waals surface area contributed by atoms with Crippen LogP contribution in [0.2, 0.25) is 0 Å². The van der Waals surface area contributed by atoms with E-state index in [4.69, 9.17) is 0 Å². The number of rotatable bonds is 5. The van der Waals surface area contributed by atoms with Crippen molar-refractivity contribution in [3.05, 3.63) is 0 Å². The van der Waals surface area contributed by atoms with Crippen LogP contribution in [0.25, 0.3) is 0 Å². The van der Waals surface area contributed by atoms with Gasteiger partial charge in [-0.15, -0.1) is 0 Å². The van der Waals surface area contributed by atoms with E-state index >= 15 is 0 Å². The summed E-state index contributed by atoms with van der Waals surface area (Å²) in [4.78, 5) is 2.42. The molecule has 1 heterocycles. The molecule has 19 heavy (non-hydrogen) atoms. The Balaban J connectivity index is 2.57. The minimum Gasteiger partial charge on any atom is -0.307 e. The Labute approximate surface area is 116 Å². The Hall–Kier alpha value is -0.220. The van der Waals surface area contributed by atoms with Crippen molar-refractivity contribution in [2.24, 2.45) is 11.3 Å². The van der Waals surface area contributed by atoms with Crippen LogP contribution < -0.4 is 5.32 Å². The summed E-state index contributed by atoms with van der Waals surface area (Å²) in [7, 11) is 0. The Bertz CT molecular complexity index is 261. The van der Waals surface area contributed by atoms with Crippen molar-refractivity contribution >= 4 is 0 Å². The first-order chi connectivity index (χ1) is 8.67. The number of hydrogen-bond donors (Lipinski definition) is 1. The molecule has 0 aliphatic carbocycles. The summed E-state index contributed by atoms with van der Waals surface area (Å²) in [6.45, 7) is 12.9. The average Bonchev–Trinajstić information content (AvgIpc) is 2.23. The largest absolute Gasteiger partial charge is 0.307 e. The van der Waals surface area contributed by atoms with Crippen molar-refractivity contribution in [3.63, 3.8) is 0 Å². The zero-order chi connectivity index (χ0) is 14.6. The Kier molecular flexibility index (Phi) is 6.18. The number of hydrogen-bond acceptors (Lipinski definition) is 2. The fourth-order valence-corrected chi connectivity index (χ4v) is 3.08. The minimum absolute atomic E-state index is 0.182. The summed E-state index contributed by atoms with van der Waals surface area (Å²) in [5.41, 5.74) is 0.303. The summed E-state index contributed by atoms with van der Waals surface area (Å²) in [6.07, 6.45) is -0.0773. The second-order valence-electron chi connectivity index (χ2n) is 7.41. The fraction of sp³-hybridized carbons (Fsp3) is 1.00. The lowest BCUT2D eigenvalue weighted by molar-refractivity contribution is 0.0777. The number of nitrogens with one attached hydrogen (secondary N) is 1. The summed E-state index contributed by atoms with van der Waals surface area (Å²) < 4.78 is 24.7. The van der Waals surface area contributed by atoms with E-state index in [-0.39, 0.29) is 12.6 Å². The van der Waals surface area contributed by atoms with Gasteiger partial charge in [-0.1, -0.05) is 20.8 Å². The van der Waals surface area contributed by atoms with E-state index in [0.29, 0.717) is 17.4 Å². The topological polar surface area (TPSA) is 15.3 Å². The third-order valence-corrected chi connectivity index (χ3v) is 3.76. The van der Waals surface area contributed by atoms with Crippen molar-refractivity contribution in [2.45, 2.75) is 66.0 Å². The monoisotopic (exact) mass is 276 g/mol. The highest BCUT2D eigenvalue weighted by Crippen LogP contribution is 2.30. The van der Waals surface area contributed by atoms with Gasteiger partial charge < -0.3 is 5.32 Å². The third kappa shape index (κ3) is 6.66. The van der Waals surface area contributed by atoms with Crippen LogP contribution in [0.15, 0.2) is 0 Å². The number of alkyl halides is 2. The minimum atomic E-state index is -2.25. The molecule has 0 aromatic heterocycles. The molecular formula is C15H30F2N2. The van der Waals surface area contributed by atoms with Gasteiger partial charge in [-0.05, 0) is 38.0 Å². The van der Waals surface area contributed by atoms with Crippen molar-refractivity contribution in [2.75, 3.05) is 19.6 Å². The molecule has 0 aromatic carbocycles. The molecule has 0 amide bonds. The molecule has 0 bridgehead atoms. The highest BCUT2D eigenvalue weighted by molar-refractivity contribution is 4.86. The van der Waals surface area contributed by atoms with E-state index in [9.17, 15) is 8.78 Å². The number of piperidine rings is 1. The molecule has 1 rings (SSSR count). The normalized spacial score (nSPS) is 26.4.